The predicted molar refractivity (Wildman–Crippen MR) is 98.9 cm³/mol. The maximum atomic E-state index is 13.4. The topological polar surface area (TPSA) is 58.6 Å². The lowest BCUT2D eigenvalue weighted by molar-refractivity contribution is -0.146. The van der Waals surface area contributed by atoms with Crippen LogP contribution >= 0.6 is 0 Å². The Kier molecular flexibility index (Phi) is 3.94. The zero-order valence-corrected chi connectivity index (χ0v) is 14.9. The molecule has 26 heavy (non-hydrogen) atoms. The standard InChI is InChI=1S/C21H22N2O3/c1-3-23(14-9-5-4-6-10-14)20(25)18-16-13-21(2,22-19(18)24)26-17-12-8-7-11-15(16)17/h4-12,16,18H,3,13H2,1-2H3,(H,22,24)/t16-,18-,21+/m1/s1. The maximum Gasteiger partial charge on any atom is 0.240 e. The third-order valence-corrected chi connectivity index (χ3v) is 5.25. The van der Waals surface area contributed by atoms with E-state index in [2.05, 4.69) is 5.32 Å². The number of carbonyl (C=O) groups excluding carboxylic acids is 2. The molecule has 2 aromatic rings. The van der Waals surface area contributed by atoms with Crippen LogP contribution in [0.15, 0.2) is 54.6 Å². The number of hydrogen-bond acceptors (Lipinski definition) is 3. The van der Waals surface area contributed by atoms with Crippen LogP contribution in [0.1, 0.15) is 31.7 Å². The first-order chi connectivity index (χ1) is 12.5. The van der Waals surface area contributed by atoms with Crippen LogP contribution < -0.4 is 15.0 Å². The summed E-state index contributed by atoms with van der Waals surface area (Å²) in [6.07, 6.45) is 0.582. The van der Waals surface area contributed by atoms with E-state index in [1.165, 1.54) is 0 Å². The fraction of sp³-hybridized carbons (Fsp3) is 0.333. The van der Waals surface area contributed by atoms with E-state index in [4.69, 9.17) is 4.74 Å². The zero-order valence-electron chi connectivity index (χ0n) is 14.9. The number of ether oxygens (including phenoxy) is 1. The zero-order chi connectivity index (χ0) is 18.3. The number of fused-ring (bicyclic) bond motifs is 4. The number of piperidine rings is 1. The molecule has 1 saturated heterocycles. The highest BCUT2D eigenvalue weighted by Crippen LogP contribution is 2.47. The van der Waals surface area contributed by atoms with Crippen LogP contribution in [0.2, 0.25) is 0 Å². The van der Waals surface area contributed by atoms with Crippen LogP contribution in [0.25, 0.3) is 0 Å². The molecule has 0 aliphatic carbocycles. The monoisotopic (exact) mass is 350 g/mol. The maximum absolute atomic E-state index is 13.4. The molecule has 2 aliphatic rings. The molecule has 2 aliphatic heterocycles. The minimum Gasteiger partial charge on any atom is -0.468 e. The van der Waals surface area contributed by atoms with Crippen LogP contribution in [-0.2, 0) is 9.59 Å². The normalized spacial score (nSPS) is 26.3. The Balaban J connectivity index is 1.74. The van der Waals surface area contributed by atoms with Crippen LogP contribution in [0.3, 0.4) is 0 Å². The SMILES string of the molecule is CCN(C(=O)[C@H]1C(=O)N[C@]2(C)C[C@@H]1c1ccccc1O2)c1ccccc1. The molecular formula is C21H22N2O3. The van der Waals surface area contributed by atoms with Gasteiger partial charge in [-0.2, -0.15) is 0 Å². The Labute approximate surface area is 153 Å². The van der Waals surface area contributed by atoms with Gasteiger partial charge in [-0.05, 0) is 37.6 Å². The van der Waals surface area contributed by atoms with E-state index in [1.54, 1.807) is 4.90 Å². The lowest BCUT2D eigenvalue weighted by atomic mass is 9.74. The van der Waals surface area contributed by atoms with Gasteiger partial charge in [0.1, 0.15) is 11.7 Å². The van der Waals surface area contributed by atoms with E-state index >= 15 is 0 Å². The van der Waals surface area contributed by atoms with E-state index < -0.39 is 11.6 Å². The van der Waals surface area contributed by atoms with Gasteiger partial charge in [0.15, 0.2) is 5.72 Å². The lowest BCUT2D eigenvalue weighted by Gasteiger charge is -2.47. The van der Waals surface area contributed by atoms with Crippen molar-refractivity contribution in [2.24, 2.45) is 5.92 Å². The second-order valence-corrected chi connectivity index (χ2v) is 7.07. The molecule has 5 heteroatoms. The minimum atomic E-state index is -0.767. The van der Waals surface area contributed by atoms with Crippen LogP contribution in [0.4, 0.5) is 5.69 Å². The Morgan fingerprint density at radius 2 is 1.88 bits per heavy atom. The molecule has 3 atom stereocenters. The second-order valence-electron chi connectivity index (χ2n) is 7.07. The lowest BCUT2D eigenvalue weighted by Crippen LogP contribution is -2.63. The van der Waals surface area contributed by atoms with Gasteiger partial charge in [-0.1, -0.05) is 36.4 Å². The molecule has 2 amide bonds. The van der Waals surface area contributed by atoms with Crippen molar-refractivity contribution < 1.29 is 14.3 Å². The van der Waals surface area contributed by atoms with Crippen molar-refractivity contribution in [3.05, 3.63) is 60.2 Å². The first-order valence-corrected chi connectivity index (χ1v) is 8.99. The number of anilines is 1. The van der Waals surface area contributed by atoms with Crippen molar-refractivity contribution in [2.45, 2.75) is 31.9 Å². The summed E-state index contributed by atoms with van der Waals surface area (Å²) in [5, 5.41) is 2.92. The summed E-state index contributed by atoms with van der Waals surface area (Å²) in [7, 11) is 0. The Bertz CT molecular complexity index is 851. The van der Waals surface area contributed by atoms with E-state index in [0.717, 1.165) is 17.0 Å². The number of hydrogen-bond donors (Lipinski definition) is 1. The molecule has 4 rings (SSSR count). The summed E-state index contributed by atoms with van der Waals surface area (Å²) in [5.74, 6) is -0.637. The largest absolute Gasteiger partial charge is 0.468 e. The first-order valence-electron chi connectivity index (χ1n) is 8.99. The van der Waals surface area contributed by atoms with Gasteiger partial charge in [0.2, 0.25) is 11.8 Å². The molecule has 2 heterocycles. The molecule has 0 spiro atoms. The molecule has 2 aromatic carbocycles. The van der Waals surface area contributed by atoms with Crippen LogP contribution in [-0.4, -0.2) is 24.1 Å². The smallest absolute Gasteiger partial charge is 0.240 e. The van der Waals surface area contributed by atoms with Crippen molar-refractivity contribution in [3.8, 4) is 5.75 Å². The number of benzene rings is 2. The highest BCUT2D eigenvalue weighted by atomic mass is 16.5. The third-order valence-electron chi connectivity index (χ3n) is 5.25. The average Bonchev–Trinajstić information content (AvgIpc) is 2.62. The van der Waals surface area contributed by atoms with Crippen molar-refractivity contribution in [2.75, 3.05) is 11.4 Å². The number of para-hydroxylation sites is 2. The predicted octanol–water partition coefficient (Wildman–Crippen LogP) is 3.07. The summed E-state index contributed by atoms with van der Waals surface area (Å²) < 4.78 is 6.00. The molecule has 0 unspecified atom stereocenters. The van der Waals surface area contributed by atoms with E-state index in [1.807, 2.05) is 68.4 Å². The van der Waals surface area contributed by atoms with Gasteiger partial charge in [-0.25, -0.2) is 0 Å². The van der Waals surface area contributed by atoms with Crippen LogP contribution in [0.5, 0.6) is 5.75 Å². The Morgan fingerprint density at radius 3 is 2.62 bits per heavy atom. The van der Waals surface area contributed by atoms with Crippen molar-refractivity contribution >= 4 is 17.5 Å². The summed E-state index contributed by atoms with van der Waals surface area (Å²) >= 11 is 0. The van der Waals surface area contributed by atoms with E-state index in [9.17, 15) is 9.59 Å². The van der Waals surface area contributed by atoms with Gasteiger partial charge < -0.3 is 15.0 Å². The molecule has 0 radical (unpaired) electrons. The fourth-order valence-corrected chi connectivity index (χ4v) is 4.11. The summed E-state index contributed by atoms with van der Waals surface area (Å²) in [4.78, 5) is 27.9. The molecule has 1 fully saturated rings. The highest BCUT2D eigenvalue weighted by Gasteiger charge is 2.52. The first kappa shape index (κ1) is 16.6. The molecule has 2 bridgehead atoms. The van der Waals surface area contributed by atoms with Crippen molar-refractivity contribution in [1.29, 1.82) is 0 Å². The second kappa shape index (κ2) is 6.16. The molecule has 0 aromatic heterocycles. The Hall–Kier alpha value is -2.82. The number of nitrogens with zero attached hydrogens (tertiary/aromatic N) is 1. The van der Waals surface area contributed by atoms with Crippen molar-refractivity contribution in [1.82, 2.24) is 5.32 Å². The van der Waals surface area contributed by atoms with E-state index in [0.29, 0.717) is 13.0 Å². The molecule has 0 saturated carbocycles. The molecule has 1 N–H and O–H groups in total. The van der Waals surface area contributed by atoms with Gasteiger partial charge in [0.05, 0.1) is 0 Å². The molecule has 134 valence electrons. The quantitative estimate of drug-likeness (QED) is 0.866. The average molecular weight is 350 g/mol. The van der Waals surface area contributed by atoms with Crippen LogP contribution in [0, 0.1) is 5.92 Å². The summed E-state index contributed by atoms with van der Waals surface area (Å²) in [5.41, 5.74) is 0.972. The van der Waals surface area contributed by atoms with Gasteiger partial charge in [-0.15, -0.1) is 0 Å². The fourth-order valence-electron chi connectivity index (χ4n) is 4.11. The number of amides is 2. The number of nitrogens with one attached hydrogen (secondary N) is 1. The summed E-state index contributed by atoms with van der Waals surface area (Å²) in [6.45, 7) is 4.30. The van der Waals surface area contributed by atoms with Gasteiger partial charge in [0, 0.05) is 24.6 Å². The summed E-state index contributed by atoms with van der Waals surface area (Å²) in [6, 6.07) is 17.2. The highest BCUT2D eigenvalue weighted by molar-refractivity contribution is 6.09. The molecule has 5 nitrogen and oxygen atoms in total. The van der Waals surface area contributed by atoms with Gasteiger partial charge >= 0.3 is 0 Å². The van der Waals surface area contributed by atoms with Gasteiger partial charge in [0.25, 0.3) is 0 Å². The third kappa shape index (κ3) is 2.64. The van der Waals surface area contributed by atoms with Crippen molar-refractivity contribution in [3.63, 3.8) is 0 Å². The van der Waals surface area contributed by atoms with Gasteiger partial charge in [-0.3, -0.25) is 9.59 Å². The minimum absolute atomic E-state index is 0.167. The Morgan fingerprint density at radius 1 is 1.19 bits per heavy atom. The number of rotatable bonds is 3. The number of carbonyl (C=O) groups is 2. The molecular weight excluding hydrogens is 328 g/mol. The van der Waals surface area contributed by atoms with E-state index in [-0.39, 0.29) is 17.7 Å².